The summed E-state index contributed by atoms with van der Waals surface area (Å²) in [6, 6.07) is 8.81. The summed E-state index contributed by atoms with van der Waals surface area (Å²) in [5, 5.41) is 3.10. The lowest BCUT2D eigenvalue weighted by atomic mass is 10.3. The van der Waals surface area contributed by atoms with Gasteiger partial charge < -0.3 is 16.0 Å². The molecule has 1 saturated carbocycles. The van der Waals surface area contributed by atoms with Crippen LogP contribution in [0.25, 0.3) is 0 Å². The van der Waals surface area contributed by atoms with Gasteiger partial charge in [0.25, 0.3) is 5.56 Å². The van der Waals surface area contributed by atoms with Crippen molar-refractivity contribution in [1.29, 1.82) is 0 Å². The van der Waals surface area contributed by atoms with E-state index in [-0.39, 0.29) is 5.56 Å². The lowest BCUT2D eigenvalue weighted by Gasteiger charge is -2.07. The van der Waals surface area contributed by atoms with E-state index in [2.05, 4.69) is 15.3 Å². The van der Waals surface area contributed by atoms with Crippen LogP contribution in [0, 0.1) is 0 Å². The van der Waals surface area contributed by atoms with Crippen LogP contribution in [-0.2, 0) is 0 Å². The van der Waals surface area contributed by atoms with Gasteiger partial charge in [0, 0.05) is 23.4 Å². The highest BCUT2D eigenvalue weighted by Gasteiger charge is 2.26. The molecule has 1 aliphatic carbocycles. The van der Waals surface area contributed by atoms with Crippen molar-refractivity contribution in [3.8, 4) is 0 Å². The van der Waals surface area contributed by atoms with Gasteiger partial charge in [0.2, 0.25) is 0 Å². The Morgan fingerprint density at radius 1 is 1.33 bits per heavy atom. The largest absolute Gasteiger partial charge is 0.399 e. The molecule has 18 heavy (non-hydrogen) atoms. The minimum atomic E-state index is -0.127. The summed E-state index contributed by atoms with van der Waals surface area (Å²) in [4.78, 5) is 18.7. The first kappa shape index (κ1) is 10.8. The van der Waals surface area contributed by atoms with Crippen molar-refractivity contribution in [1.82, 2.24) is 9.97 Å². The number of hydrogen-bond acceptors (Lipinski definition) is 4. The number of rotatable bonds is 3. The first-order chi connectivity index (χ1) is 8.70. The fourth-order valence-electron chi connectivity index (χ4n) is 1.85. The van der Waals surface area contributed by atoms with Gasteiger partial charge in [-0.2, -0.15) is 0 Å². The summed E-state index contributed by atoms with van der Waals surface area (Å²) in [6.07, 6.45) is 2.20. The number of nitrogen functional groups attached to an aromatic ring is 1. The highest BCUT2D eigenvalue weighted by molar-refractivity contribution is 5.61. The molecular formula is C13H14N4O. The van der Waals surface area contributed by atoms with Gasteiger partial charge in [0.1, 0.15) is 11.6 Å². The minimum Gasteiger partial charge on any atom is -0.399 e. The predicted octanol–water partition coefficient (Wildman–Crippen LogP) is 1.97. The summed E-state index contributed by atoms with van der Waals surface area (Å²) in [7, 11) is 0. The maximum Gasteiger partial charge on any atom is 0.252 e. The molecule has 2 aromatic rings. The summed E-state index contributed by atoms with van der Waals surface area (Å²) in [6.45, 7) is 0. The van der Waals surface area contributed by atoms with Gasteiger partial charge in [-0.3, -0.25) is 4.79 Å². The van der Waals surface area contributed by atoms with Crippen molar-refractivity contribution in [2.45, 2.75) is 18.8 Å². The first-order valence-corrected chi connectivity index (χ1v) is 5.94. The van der Waals surface area contributed by atoms with Crippen molar-refractivity contribution < 1.29 is 0 Å². The zero-order valence-electron chi connectivity index (χ0n) is 9.81. The Morgan fingerprint density at radius 2 is 2.17 bits per heavy atom. The third kappa shape index (κ3) is 2.34. The quantitative estimate of drug-likeness (QED) is 0.718. The van der Waals surface area contributed by atoms with Crippen LogP contribution in [0.5, 0.6) is 0 Å². The Labute approximate surface area is 104 Å². The van der Waals surface area contributed by atoms with Crippen LogP contribution < -0.4 is 16.6 Å². The number of aromatic amines is 1. The van der Waals surface area contributed by atoms with Gasteiger partial charge in [-0.25, -0.2) is 4.98 Å². The van der Waals surface area contributed by atoms with E-state index >= 15 is 0 Å². The zero-order valence-corrected chi connectivity index (χ0v) is 9.81. The predicted molar refractivity (Wildman–Crippen MR) is 71.0 cm³/mol. The van der Waals surface area contributed by atoms with Crippen molar-refractivity contribution in [3.63, 3.8) is 0 Å². The van der Waals surface area contributed by atoms with Crippen LogP contribution in [0.3, 0.4) is 0 Å². The second-order valence-corrected chi connectivity index (χ2v) is 4.54. The van der Waals surface area contributed by atoms with Crippen molar-refractivity contribution >= 4 is 17.2 Å². The highest BCUT2D eigenvalue weighted by Crippen LogP contribution is 2.37. The van der Waals surface area contributed by atoms with Gasteiger partial charge >= 0.3 is 0 Å². The van der Waals surface area contributed by atoms with Gasteiger partial charge in [-0.1, -0.05) is 6.07 Å². The van der Waals surface area contributed by atoms with E-state index in [1.54, 1.807) is 6.07 Å². The molecule has 1 aromatic heterocycles. The molecule has 1 aromatic carbocycles. The summed E-state index contributed by atoms with van der Waals surface area (Å²) in [5.41, 5.74) is 7.08. The number of nitrogens with two attached hydrogens (primary N) is 1. The van der Waals surface area contributed by atoms with Gasteiger partial charge in [-0.05, 0) is 31.0 Å². The molecule has 3 rings (SSSR count). The SMILES string of the molecule is Nc1cccc(Nc2cc(=O)[nH]c(C3CC3)n2)c1. The number of benzene rings is 1. The maximum atomic E-state index is 11.5. The van der Waals surface area contributed by atoms with E-state index in [9.17, 15) is 4.79 Å². The maximum absolute atomic E-state index is 11.5. The number of anilines is 3. The molecule has 5 nitrogen and oxygen atoms in total. The Kier molecular flexibility index (Phi) is 2.51. The van der Waals surface area contributed by atoms with Gasteiger partial charge in [0.05, 0.1) is 0 Å². The molecule has 4 N–H and O–H groups in total. The second kappa shape index (κ2) is 4.18. The molecule has 1 fully saturated rings. The van der Waals surface area contributed by atoms with Crippen LogP contribution >= 0.6 is 0 Å². The zero-order chi connectivity index (χ0) is 12.5. The molecule has 0 radical (unpaired) electrons. The lowest BCUT2D eigenvalue weighted by molar-refractivity contribution is 0.912. The number of aromatic nitrogens is 2. The minimum absolute atomic E-state index is 0.127. The average molecular weight is 242 g/mol. The van der Waals surface area contributed by atoms with Crippen LogP contribution in [0.2, 0.25) is 0 Å². The molecule has 92 valence electrons. The van der Waals surface area contributed by atoms with Crippen LogP contribution in [0.1, 0.15) is 24.6 Å². The molecule has 0 saturated heterocycles. The lowest BCUT2D eigenvalue weighted by Crippen LogP contribution is -2.11. The molecule has 0 aliphatic heterocycles. The van der Waals surface area contributed by atoms with Gasteiger partial charge in [0.15, 0.2) is 0 Å². The van der Waals surface area contributed by atoms with E-state index in [1.165, 1.54) is 6.07 Å². The molecule has 0 atom stereocenters. The topological polar surface area (TPSA) is 83.8 Å². The monoisotopic (exact) mass is 242 g/mol. The summed E-state index contributed by atoms with van der Waals surface area (Å²) >= 11 is 0. The Hall–Kier alpha value is -2.30. The van der Waals surface area contributed by atoms with Crippen molar-refractivity contribution in [2.75, 3.05) is 11.1 Å². The number of nitrogens with zero attached hydrogens (tertiary/aromatic N) is 1. The average Bonchev–Trinajstić information content (AvgIpc) is 3.11. The van der Waals surface area contributed by atoms with Crippen LogP contribution in [0.4, 0.5) is 17.2 Å². The third-order valence-electron chi connectivity index (χ3n) is 2.88. The number of hydrogen-bond donors (Lipinski definition) is 3. The van der Waals surface area contributed by atoms with E-state index in [4.69, 9.17) is 5.73 Å². The molecule has 0 amide bonds. The fourth-order valence-corrected chi connectivity index (χ4v) is 1.85. The molecule has 0 spiro atoms. The van der Waals surface area contributed by atoms with Crippen molar-refractivity contribution in [2.24, 2.45) is 0 Å². The van der Waals surface area contributed by atoms with Crippen molar-refractivity contribution in [3.05, 3.63) is 46.5 Å². The van der Waals surface area contributed by atoms with Crippen LogP contribution in [0.15, 0.2) is 35.1 Å². The smallest absolute Gasteiger partial charge is 0.252 e. The molecule has 0 bridgehead atoms. The molecule has 1 heterocycles. The summed E-state index contributed by atoms with van der Waals surface area (Å²) < 4.78 is 0. The first-order valence-electron chi connectivity index (χ1n) is 5.94. The molecule has 5 heteroatoms. The Morgan fingerprint density at radius 3 is 2.89 bits per heavy atom. The third-order valence-corrected chi connectivity index (χ3v) is 2.88. The molecule has 0 unspecified atom stereocenters. The second-order valence-electron chi connectivity index (χ2n) is 4.54. The fraction of sp³-hybridized carbons (Fsp3) is 0.231. The summed E-state index contributed by atoms with van der Waals surface area (Å²) in [5.74, 6) is 1.75. The van der Waals surface area contributed by atoms with E-state index in [0.29, 0.717) is 17.4 Å². The van der Waals surface area contributed by atoms with Crippen LogP contribution in [-0.4, -0.2) is 9.97 Å². The molecular weight excluding hydrogens is 228 g/mol. The number of nitrogens with one attached hydrogen (secondary N) is 2. The van der Waals surface area contributed by atoms with Gasteiger partial charge in [-0.15, -0.1) is 0 Å². The van der Waals surface area contributed by atoms with E-state index in [1.807, 2.05) is 18.2 Å². The Balaban J connectivity index is 1.90. The van der Waals surface area contributed by atoms with E-state index < -0.39 is 0 Å². The normalized spacial score (nSPS) is 14.4. The highest BCUT2D eigenvalue weighted by atomic mass is 16.1. The standard InChI is InChI=1S/C13H14N4O/c14-9-2-1-3-10(6-9)15-11-7-12(18)17-13(16-11)8-4-5-8/h1-3,6-8H,4-5,14H2,(H2,15,16,17,18). The Bertz CT molecular complexity index is 631. The van der Waals surface area contributed by atoms with E-state index in [0.717, 1.165) is 24.4 Å². The number of H-pyrrole nitrogens is 1. The molecule has 1 aliphatic rings.